The molecule has 0 aliphatic rings. The van der Waals surface area contributed by atoms with Gasteiger partial charge in [0.05, 0.1) is 32.8 Å². The molecule has 8 heteroatoms. The van der Waals surface area contributed by atoms with Gasteiger partial charge in [-0.25, -0.2) is 9.97 Å². The molecule has 4 aromatic rings. The minimum absolute atomic E-state index is 0.125. The number of hydrogen-bond acceptors (Lipinski definition) is 5. The predicted octanol–water partition coefficient (Wildman–Crippen LogP) is 4.62. The maximum atomic E-state index is 12.6. The molecule has 0 aliphatic carbocycles. The van der Waals surface area contributed by atoms with E-state index in [1.54, 1.807) is 42.6 Å². The Kier molecular flexibility index (Phi) is 6.11. The van der Waals surface area contributed by atoms with Gasteiger partial charge in [0, 0.05) is 19.2 Å². The van der Waals surface area contributed by atoms with E-state index in [9.17, 15) is 9.59 Å². The number of carbonyl (C=O) groups excluding carboxylic acids is 1. The normalized spacial score (nSPS) is 10.8. The number of anilines is 1. The van der Waals surface area contributed by atoms with E-state index in [-0.39, 0.29) is 24.4 Å². The summed E-state index contributed by atoms with van der Waals surface area (Å²) in [5.74, 6) is -0.222. The number of fused-ring (bicyclic) bond motifs is 1. The highest BCUT2D eigenvalue weighted by molar-refractivity contribution is 7.99. The molecule has 1 N–H and O–H groups in total. The summed E-state index contributed by atoms with van der Waals surface area (Å²) in [6.07, 6.45) is 3.30. The Bertz CT molecular complexity index is 1260. The van der Waals surface area contributed by atoms with Crippen LogP contribution in [-0.4, -0.2) is 20.4 Å². The number of carbonyl (C=O) groups is 1. The molecule has 0 radical (unpaired) electrons. The van der Waals surface area contributed by atoms with Crippen LogP contribution in [0, 0.1) is 0 Å². The highest BCUT2D eigenvalue weighted by atomic mass is 35.5. The molecule has 0 spiro atoms. The van der Waals surface area contributed by atoms with E-state index in [2.05, 4.69) is 15.3 Å². The van der Waals surface area contributed by atoms with Gasteiger partial charge in [-0.2, -0.15) is 0 Å². The molecule has 1 amide bonds. The van der Waals surface area contributed by atoms with E-state index < -0.39 is 0 Å². The van der Waals surface area contributed by atoms with Gasteiger partial charge in [0.25, 0.3) is 5.56 Å². The van der Waals surface area contributed by atoms with E-state index in [0.29, 0.717) is 21.6 Å². The number of hydrogen-bond donors (Lipinski definition) is 1. The first-order valence-electron chi connectivity index (χ1n) is 9.23. The number of para-hydroxylation sites is 1. The average molecular weight is 437 g/mol. The smallest absolute Gasteiger partial charge is 0.261 e. The summed E-state index contributed by atoms with van der Waals surface area (Å²) >= 11 is 7.74. The van der Waals surface area contributed by atoms with Gasteiger partial charge in [0.1, 0.15) is 5.03 Å². The standard InChI is InChI=1S/C22H17ClN4O2S/c23-16-7-5-9-18(21(16)30-20-10-3-4-12-24-20)26-19(28)11-13-27-14-25-17-8-2-1-6-15(17)22(27)29/h1-10,12,14H,11,13H2,(H,26,28). The van der Waals surface area contributed by atoms with Crippen LogP contribution in [0.15, 0.2) is 87.9 Å². The Hall–Kier alpha value is -3.16. The largest absolute Gasteiger partial charge is 0.325 e. The van der Waals surface area contributed by atoms with Crippen molar-refractivity contribution in [2.45, 2.75) is 22.9 Å². The lowest BCUT2D eigenvalue weighted by molar-refractivity contribution is -0.116. The monoisotopic (exact) mass is 436 g/mol. The van der Waals surface area contributed by atoms with Crippen LogP contribution in [-0.2, 0) is 11.3 Å². The average Bonchev–Trinajstić information content (AvgIpc) is 2.77. The lowest BCUT2D eigenvalue weighted by Gasteiger charge is -2.12. The fourth-order valence-corrected chi connectivity index (χ4v) is 4.08. The molecule has 2 aromatic carbocycles. The van der Waals surface area contributed by atoms with Crippen molar-refractivity contribution >= 4 is 45.9 Å². The summed E-state index contributed by atoms with van der Waals surface area (Å²) in [5.41, 5.74) is 1.08. The first kappa shape index (κ1) is 20.1. The van der Waals surface area contributed by atoms with Crippen molar-refractivity contribution in [1.82, 2.24) is 14.5 Å². The highest BCUT2D eigenvalue weighted by Crippen LogP contribution is 2.37. The summed E-state index contributed by atoms with van der Waals surface area (Å²) in [6, 6.07) is 18.1. The third kappa shape index (κ3) is 4.53. The molecule has 30 heavy (non-hydrogen) atoms. The number of pyridine rings is 1. The number of halogens is 1. The van der Waals surface area contributed by atoms with Crippen molar-refractivity contribution in [2.75, 3.05) is 5.32 Å². The van der Waals surface area contributed by atoms with Crippen LogP contribution in [0.1, 0.15) is 6.42 Å². The van der Waals surface area contributed by atoms with Gasteiger partial charge < -0.3 is 5.32 Å². The first-order valence-corrected chi connectivity index (χ1v) is 10.4. The number of nitrogens with one attached hydrogen (secondary N) is 1. The van der Waals surface area contributed by atoms with Gasteiger partial charge in [-0.1, -0.05) is 47.6 Å². The summed E-state index contributed by atoms with van der Waals surface area (Å²) in [7, 11) is 0. The zero-order chi connectivity index (χ0) is 20.9. The first-order chi connectivity index (χ1) is 14.6. The SMILES string of the molecule is O=C(CCn1cnc2ccccc2c1=O)Nc1cccc(Cl)c1Sc1ccccn1. The molecule has 0 aliphatic heterocycles. The van der Waals surface area contributed by atoms with Crippen molar-refractivity contribution in [3.8, 4) is 0 Å². The van der Waals surface area contributed by atoms with E-state index in [1.165, 1.54) is 22.7 Å². The van der Waals surface area contributed by atoms with Crippen LogP contribution in [0.25, 0.3) is 10.9 Å². The van der Waals surface area contributed by atoms with E-state index >= 15 is 0 Å². The van der Waals surface area contributed by atoms with Crippen LogP contribution < -0.4 is 10.9 Å². The van der Waals surface area contributed by atoms with Crippen LogP contribution in [0.4, 0.5) is 5.69 Å². The second-order valence-electron chi connectivity index (χ2n) is 6.44. The molecule has 0 atom stereocenters. The molecular formula is C22H17ClN4O2S. The molecule has 2 aromatic heterocycles. The highest BCUT2D eigenvalue weighted by Gasteiger charge is 2.13. The fraction of sp³-hybridized carbons (Fsp3) is 0.0909. The molecule has 0 bridgehead atoms. The Morgan fingerprint density at radius 3 is 2.70 bits per heavy atom. The van der Waals surface area contributed by atoms with Gasteiger partial charge in [-0.05, 0) is 36.4 Å². The molecule has 4 rings (SSSR count). The van der Waals surface area contributed by atoms with Gasteiger partial charge in [-0.15, -0.1) is 0 Å². The van der Waals surface area contributed by atoms with E-state index in [0.717, 1.165) is 9.92 Å². The zero-order valence-electron chi connectivity index (χ0n) is 15.8. The van der Waals surface area contributed by atoms with Crippen molar-refractivity contribution in [3.05, 3.63) is 88.6 Å². The van der Waals surface area contributed by atoms with Gasteiger partial charge in [-0.3, -0.25) is 14.2 Å². The summed E-state index contributed by atoms with van der Waals surface area (Å²) in [5, 5.41) is 4.72. The van der Waals surface area contributed by atoms with Crippen LogP contribution in [0.2, 0.25) is 5.02 Å². The number of rotatable bonds is 6. The third-order valence-corrected chi connectivity index (χ3v) is 5.92. The number of amides is 1. The van der Waals surface area contributed by atoms with Gasteiger partial charge >= 0.3 is 0 Å². The minimum atomic E-state index is -0.222. The number of benzene rings is 2. The molecule has 6 nitrogen and oxygen atoms in total. The van der Waals surface area contributed by atoms with Crippen LogP contribution >= 0.6 is 23.4 Å². The summed E-state index contributed by atoms with van der Waals surface area (Å²) in [4.78, 5) is 34.4. The predicted molar refractivity (Wildman–Crippen MR) is 119 cm³/mol. The lowest BCUT2D eigenvalue weighted by Crippen LogP contribution is -2.23. The molecule has 0 fully saturated rings. The number of aryl methyl sites for hydroxylation is 1. The lowest BCUT2D eigenvalue weighted by atomic mass is 10.2. The maximum absolute atomic E-state index is 12.6. The third-order valence-electron chi connectivity index (χ3n) is 4.40. The van der Waals surface area contributed by atoms with Crippen molar-refractivity contribution in [1.29, 1.82) is 0 Å². The zero-order valence-corrected chi connectivity index (χ0v) is 17.4. The molecule has 2 heterocycles. The van der Waals surface area contributed by atoms with Crippen molar-refractivity contribution in [2.24, 2.45) is 0 Å². The summed E-state index contributed by atoms with van der Waals surface area (Å²) in [6.45, 7) is 0.228. The van der Waals surface area contributed by atoms with E-state index in [4.69, 9.17) is 11.6 Å². The number of aromatic nitrogens is 3. The topological polar surface area (TPSA) is 76.9 Å². The maximum Gasteiger partial charge on any atom is 0.261 e. The van der Waals surface area contributed by atoms with Gasteiger partial charge in [0.15, 0.2) is 0 Å². The fourth-order valence-electron chi connectivity index (χ4n) is 2.92. The molecular weight excluding hydrogens is 420 g/mol. The molecule has 0 saturated heterocycles. The Morgan fingerprint density at radius 1 is 1.03 bits per heavy atom. The van der Waals surface area contributed by atoms with Crippen molar-refractivity contribution < 1.29 is 4.79 Å². The molecule has 0 unspecified atom stereocenters. The summed E-state index contributed by atoms with van der Waals surface area (Å²) < 4.78 is 1.45. The Balaban J connectivity index is 1.48. The number of nitrogens with zero attached hydrogens (tertiary/aromatic N) is 3. The second kappa shape index (κ2) is 9.11. The van der Waals surface area contributed by atoms with Crippen molar-refractivity contribution in [3.63, 3.8) is 0 Å². The molecule has 150 valence electrons. The second-order valence-corrected chi connectivity index (χ2v) is 7.88. The Labute approximate surface area is 181 Å². The van der Waals surface area contributed by atoms with Gasteiger partial charge in [0.2, 0.25) is 5.91 Å². The quantitative estimate of drug-likeness (QED) is 0.477. The van der Waals surface area contributed by atoms with Crippen LogP contribution in [0.3, 0.4) is 0 Å². The van der Waals surface area contributed by atoms with Crippen LogP contribution in [0.5, 0.6) is 0 Å². The van der Waals surface area contributed by atoms with E-state index in [1.807, 2.05) is 24.3 Å². The minimum Gasteiger partial charge on any atom is -0.325 e. The Morgan fingerprint density at radius 2 is 1.87 bits per heavy atom. The molecule has 0 saturated carbocycles.